The summed E-state index contributed by atoms with van der Waals surface area (Å²) in [5.74, 6) is 3.91. The average molecular weight is 780 g/mol. The van der Waals surface area contributed by atoms with E-state index in [2.05, 4.69) is 52.3 Å². The quantitative estimate of drug-likeness (QED) is 0.241. The minimum atomic E-state index is -2.35. The minimum Gasteiger partial charge on any atom is -0.508 e. The molecule has 0 radical (unpaired) electrons. The molecular formula is C37H49N9O6S2. The molecule has 3 atom stereocenters. The Labute approximate surface area is 317 Å². The van der Waals surface area contributed by atoms with Crippen LogP contribution in [0.3, 0.4) is 0 Å². The van der Waals surface area contributed by atoms with Crippen LogP contribution in [0.25, 0.3) is 22.8 Å². The number of methoxy groups -OCH3 is 1. The molecule has 1 aliphatic carbocycles. The minimum absolute atomic E-state index is 0.138. The summed E-state index contributed by atoms with van der Waals surface area (Å²) in [7, 11) is -3.09. The highest BCUT2D eigenvalue weighted by molar-refractivity contribution is 7.94. The molecule has 15 nitrogen and oxygen atoms in total. The van der Waals surface area contributed by atoms with Crippen LogP contribution in [0.5, 0.6) is 11.6 Å². The fourth-order valence-electron chi connectivity index (χ4n) is 6.13. The summed E-state index contributed by atoms with van der Waals surface area (Å²) in [6, 6.07) is 14.4. The van der Waals surface area contributed by atoms with Gasteiger partial charge in [-0.05, 0) is 51.8 Å². The molecule has 54 heavy (non-hydrogen) atoms. The Morgan fingerprint density at radius 1 is 0.778 bits per heavy atom. The van der Waals surface area contributed by atoms with Gasteiger partial charge in [-0.2, -0.15) is 8.73 Å². The zero-order chi connectivity index (χ0) is 38.6. The number of pyridine rings is 1. The van der Waals surface area contributed by atoms with E-state index in [1.54, 1.807) is 50.1 Å². The molecule has 0 spiro atoms. The Kier molecular flexibility index (Phi) is 12.0. The van der Waals surface area contributed by atoms with E-state index in [-0.39, 0.29) is 23.1 Å². The maximum atomic E-state index is 13.0. The molecule has 2 saturated heterocycles. The Balaban J connectivity index is 0.000000186. The smallest absolute Gasteiger partial charge is 0.213 e. The van der Waals surface area contributed by atoms with Crippen molar-refractivity contribution in [1.29, 1.82) is 0 Å². The molecule has 3 aliphatic rings. The van der Waals surface area contributed by atoms with Gasteiger partial charge < -0.3 is 29.1 Å². The van der Waals surface area contributed by atoms with Crippen molar-refractivity contribution >= 4 is 42.7 Å². The maximum Gasteiger partial charge on any atom is 0.213 e. The summed E-state index contributed by atoms with van der Waals surface area (Å²) in [6.07, 6.45) is 6.79. The Morgan fingerprint density at radius 3 is 1.87 bits per heavy atom. The van der Waals surface area contributed by atoms with Crippen LogP contribution in [0.2, 0.25) is 0 Å². The van der Waals surface area contributed by atoms with Gasteiger partial charge in [0.15, 0.2) is 23.3 Å². The van der Waals surface area contributed by atoms with Crippen LogP contribution in [0.4, 0.5) is 23.3 Å². The van der Waals surface area contributed by atoms with Gasteiger partial charge in [0.25, 0.3) is 0 Å². The summed E-state index contributed by atoms with van der Waals surface area (Å²) >= 11 is 0. The molecule has 0 bridgehead atoms. The van der Waals surface area contributed by atoms with Gasteiger partial charge in [0.2, 0.25) is 5.88 Å². The number of hydrogen-bond donors (Lipinski definition) is 1. The third-order valence-corrected chi connectivity index (χ3v) is 11.8. The SMILES string of the molecule is COc1cc(-c2nc(N=S(C)(=O)C3CC3)cc(N3CCOC[C@H]3C)n2)cc(C)n1.C[C@@H]1COCCN1c1cc(N=S(C)(C)=O)nc(-c2cccc(O)c2)n1. The van der Waals surface area contributed by atoms with Gasteiger partial charge in [-0.25, -0.2) is 33.3 Å². The molecule has 17 heteroatoms. The van der Waals surface area contributed by atoms with Crippen molar-refractivity contribution < 1.29 is 27.7 Å². The summed E-state index contributed by atoms with van der Waals surface area (Å²) in [4.78, 5) is 27.2. The molecule has 1 unspecified atom stereocenters. The fourth-order valence-corrected chi connectivity index (χ4v) is 8.30. The third-order valence-electron chi connectivity index (χ3n) is 8.95. The number of aryl methyl sites for hydroxylation is 1. The molecule has 5 heterocycles. The number of hydrogen-bond acceptors (Lipinski definition) is 15. The van der Waals surface area contributed by atoms with E-state index in [1.807, 2.05) is 31.2 Å². The molecular weight excluding hydrogens is 731 g/mol. The van der Waals surface area contributed by atoms with Gasteiger partial charge >= 0.3 is 0 Å². The van der Waals surface area contributed by atoms with Crippen LogP contribution in [0.1, 0.15) is 32.4 Å². The zero-order valence-corrected chi connectivity index (χ0v) is 33.5. The molecule has 1 aromatic carbocycles. The number of benzene rings is 1. The van der Waals surface area contributed by atoms with Crippen LogP contribution in [0.15, 0.2) is 57.3 Å². The number of aromatic nitrogens is 5. The van der Waals surface area contributed by atoms with Gasteiger partial charge in [-0.15, -0.1) is 0 Å². The summed E-state index contributed by atoms with van der Waals surface area (Å²) in [5.41, 5.74) is 2.28. The molecule has 2 aliphatic heterocycles. The van der Waals surface area contributed by atoms with Gasteiger partial charge in [-0.3, -0.25) is 0 Å². The van der Waals surface area contributed by atoms with E-state index in [1.165, 1.54) is 0 Å². The second-order valence-electron chi connectivity index (χ2n) is 14.1. The van der Waals surface area contributed by atoms with Gasteiger partial charge in [0, 0.05) is 81.9 Å². The van der Waals surface area contributed by atoms with Crippen molar-refractivity contribution in [2.45, 2.75) is 50.9 Å². The number of nitrogens with zero attached hydrogens (tertiary/aromatic N) is 9. The van der Waals surface area contributed by atoms with Crippen LogP contribution in [-0.2, 0) is 28.9 Å². The molecule has 290 valence electrons. The third kappa shape index (κ3) is 10.2. The number of ether oxygens (including phenoxy) is 3. The molecule has 1 saturated carbocycles. The molecule has 3 aromatic heterocycles. The lowest BCUT2D eigenvalue weighted by Gasteiger charge is -2.34. The van der Waals surface area contributed by atoms with Crippen molar-refractivity contribution in [3.63, 3.8) is 0 Å². The number of phenols is 1. The first-order valence-corrected chi connectivity index (χ1v) is 22.2. The van der Waals surface area contributed by atoms with Gasteiger partial charge in [-0.1, -0.05) is 12.1 Å². The van der Waals surface area contributed by atoms with Crippen molar-refractivity contribution in [2.24, 2.45) is 8.73 Å². The van der Waals surface area contributed by atoms with Crippen molar-refractivity contribution in [3.8, 4) is 34.4 Å². The van der Waals surface area contributed by atoms with Crippen LogP contribution in [0, 0.1) is 6.92 Å². The van der Waals surface area contributed by atoms with Crippen molar-refractivity contribution in [2.75, 3.05) is 75.2 Å². The molecule has 4 aromatic rings. The predicted molar refractivity (Wildman–Crippen MR) is 212 cm³/mol. The summed E-state index contributed by atoms with van der Waals surface area (Å²) in [5, 5.41) is 9.90. The summed E-state index contributed by atoms with van der Waals surface area (Å²) < 4.78 is 50.2. The Hall–Kier alpha value is -4.45. The molecule has 1 N–H and O–H groups in total. The first-order valence-electron chi connectivity index (χ1n) is 17.8. The highest BCUT2D eigenvalue weighted by Crippen LogP contribution is 2.34. The molecule has 0 amide bonds. The van der Waals surface area contributed by atoms with E-state index < -0.39 is 19.5 Å². The normalized spacial score (nSPS) is 20.0. The second-order valence-corrected chi connectivity index (χ2v) is 19.2. The number of rotatable bonds is 8. The van der Waals surface area contributed by atoms with Crippen LogP contribution >= 0.6 is 0 Å². The van der Waals surface area contributed by atoms with E-state index in [4.69, 9.17) is 19.2 Å². The largest absolute Gasteiger partial charge is 0.508 e. The first-order chi connectivity index (χ1) is 25.7. The Bertz CT molecular complexity index is 2230. The van der Waals surface area contributed by atoms with Crippen LogP contribution in [-0.4, -0.2) is 121 Å². The summed E-state index contributed by atoms with van der Waals surface area (Å²) in [6.45, 7) is 10.0. The van der Waals surface area contributed by atoms with Crippen molar-refractivity contribution in [1.82, 2.24) is 24.9 Å². The average Bonchev–Trinajstić information content (AvgIpc) is 3.98. The molecule has 7 rings (SSSR count). The lowest BCUT2D eigenvalue weighted by Crippen LogP contribution is -2.44. The lowest BCUT2D eigenvalue weighted by molar-refractivity contribution is 0.0985. The monoisotopic (exact) mass is 779 g/mol. The second kappa shape index (κ2) is 16.5. The number of phenolic OH excluding ortho intramolecular Hbond substituents is 1. The topological polar surface area (TPSA) is 178 Å². The predicted octanol–water partition coefficient (Wildman–Crippen LogP) is 5.41. The van der Waals surface area contributed by atoms with E-state index in [9.17, 15) is 13.5 Å². The number of anilines is 2. The maximum absolute atomic E-state index is 13.0. The molecule has 3 fully saturated rings. The first kappa shape index (κ1) is 39.2. The zero-order valence-electron chi connectivity index (χ0n) is 31.8. The van der Waals surface area contributed by atoms with E-state index in [0.717, 1.165) is 36.5 Å². The van der Waals surface area contributed by atoms with E-state index >= 15 is 0 Å². The highest BCUT2D eigenvalue weighted by Gasteiger charge is 2.31. The number of morpholine rings is 2. The number of aromatic hydroxyl groups is 1. The van der Waals surface area contributed by atoms with Gasteiger partial charge in [0.05, 0.1) is 55.4 Å². The van der Waals surface area contributed by atoms with Gasteiger partial charge in [0.1, 0.15) is 17.4 Å². The van der Waals surface area contributed by atoms with Crippen molar-refractivity contribution in [3.05, 3.63) is 54.2 Å². The Morgan fingerprint density at radius 2 is 1.35 bits per heavy atom. The highest BCUT2D eigenvalue weighted by atomic mass is 32.2. The van der Waals surface area contributed by atoms with E-state index in [0.29, 0.717) is 73.5 Å². The lowest BCUT2D eigenvalue weighted by atomic mass is 10.2. The standard InChI is InChI=1S/C20H27N5O3S.C17H22N4O3S/c1-13-9-15(10-19(21-13)27-3)20-22-17(24-29(4,26)16-5-6-16)11-18(23-20)25-7-8-28-12-14(25)2;1-12-11-24-8-7-21(12)16-10-15(20-25(2,3)23)18-17(19-16)13-5-4-6-14(22)9-13/h9-11,14,16H,5-8,12H2,1-4H3;4-6,9-10,12,22H,7-8,11H2,1-3H3/t14-,29?;12-/m11/s1. The fraction of sp³-hybridized carbons (Fsp3) is 0.486. The van der Waals surface area contributed by atoms with Crippen LogP contribution < -0.4 is 14.5 Å².